The van der Waals surface area contributed by atoms with E-state index in [0.29, 0.717) is 0 Å². The number of aliphatic carboxylic acids is 1. The molecule has 0 unspecified atom stereocenters. The van der Waals surface area contributed by atoms with Crippen LogP contribution in [0.1, 0.15) is 29.2 Å². The van der Waals surface area contributed by atoms with Crippen molar-refractivity contribution in [2.24, 2.45) is 29.6 Å². The molecule has 2 aromatic heterocycles. The van der Waals surface area contributed by atoms with Gasteiger partial charge in [0.15, 0.2) is 0 Å². The van der Waals surface area contributed by atoms with Gasteiger partial charge in [-0.05, 0) is 35.8 Å². The van der Waals surface area contributed by atoms with E-state index in [0.717, 1.165) is 21.9 Å². The molecule has 2 bridgehead atoms. The van der Waals surface area contributed by atoms with Crippen molar-refractivity contribution in [1.29, 1.82) is 0 Å². The normalized spacial score (nSPS) is 35.2. The van der Waals surface area contributed by atoms with Crippen LogP contribution in [0.3, 0.4) is 0 Å². The Kier molecular flexibility index (Phi) is 4.20. The number of thioether (sulfide) groups is 1. The van der Waals surface area contributed by atoms with Crippen LogP contribution in [0, 0.1) is 29.6 Å². The van der Waals surface area contributed by atoms with E-state index in [4.69, 9.17) is 5.11 Å². The Morgan fingerprint density at radius 3 is 2.71 bits per heavy atom. The first-order chi connectivity index (χ1) is 15.0. The lowest BCUT2D eigenvalue weighted by atomic mass is 9.68. The number of nitrogens with one attached hydrogen (secondary N) is 1. The first-order valence-electron chi connectivity index (χ1n) is 10.3. The first kappa shape index (κ1) is 19.2. The first-order valence-corrected chi connectivity index (χ1v) is 12.0. The average Bonchev–Trinajstić information content (AvgIpc) is 3.46. The molecule has 10 heteroatoms. The van der Waals surface area contributed by atoms with Gasteiger partial charge in [-0.25, -0.2) is 0 Å². The molecule has 1 saturated heterocycles. The third-order valence-corrected chi connectivity index (χ3v) is 10.00. The zero-order valence-electron chi connectivity index (χ0n) is 16.3. The van der Waals surface area contributed by atoms with Crippen LogP contribution in [0.2, 0.25) is 0 Å². The third kappa shape index (κ3) is 2.64. The Labute approximate surface area is 185 Å². The van der Waals surface area contributed by atoms with Crippen molar-refractivity contribution < 1.29 is 19.5 Å². The number of aromatic amines is 1. The van der Waals surface area contributed by atoms with Crippen molar-refractivity contribution in [3.8, 4) is 0 Å². The second kappa shape index (κ2) is 6.77. The van der Waals surface area contributed by atoms with Gasteiger partial charge < -0.3 is 10.1 Å². The highest BCUT2D eigenvalue weighted by Crippen LogP contribution is 2.68. The topological polar surface area (TPSA) is 120 Å². The van der Waals surface area contributed by atoms with Gasteiger partial charge in [0, 0.05) is 35.0 Å². The summed E-state index contributed by atoms with van der Waals surface area (Å²) < 4.78 is 0. The van der Waals surface area contributed by atoms with Crippen LogP contribution in [0.4, 0.5) is 0 Å². The lowest BCUT2D eigenvalue weighted by molar-refractivity contribution is -0.142. The number of carbonyl (C=O) groups excluding carboxylic acids is 2. The summed E-state index contributed by atoms with van der Waals surface area (Å²) in [5.41, 5.74) is 1.03. The minimum Gasteiger partial charge on any atom is -0.481 e. The number of H-pyrrole nitrogens is 1. The highest BCUT2D eigenvalue weighted by atomic mass is 32.2. The summed E-state index contributed by atoms with van der Waals surface area (Å²) >= 11 is 2.86. The molecule has 8 nitrogen and oxygen atoms in total. The number of fused-ring (bicyclic) bond motifs is 9. The van der Waals surface area contributed by atoms with E-state index in [2.05, 4.69) is 9.97 Å². The van der Waals surface area contributed by atoms with Crippen LogP contribution >= 0.6 is 23.1 Å². The second-order valence-corrected chi connectivity index (χ2v) is 10.9. The molecular weight excluding hydrogens is 438 g/mol. The predicted molar refractivity (Wildman–Crippen MR) is 112 cm³/mol. The maximum Gasteiger partial charge on any atom is 0.305 e. The van der Waals surface area contributed by atoms with Gasteiger partial charge in [-0.1, -0.05) is 17.4 Å². The number of carbonyl (C=O) groups is 3. The van der Waals surface area contributed by atoms with Crippen molar-refractivity contribution in [2.75, 3.05) is 6.54 Å². The molecule has 6 rings (SSSR count). The molecule has 4 aliphatic rings. The van der Waals surface area contributed by atoms with Gasteiger partial charge in [0.05, 0.1) is 23.3 Å². The summed E-state index contributed by atoms with van der Waals surface area (Å²) in [6, 6.07) is 3.90. The number of amides is 2. The van der Waals surface area contributed by atoms with E-state index in [1.807, 2.05) is 18.3 Å². The molecule has 2 saturated carbocycles. The quantitative estimate of drug-likeness (QED) is 0.672. The number of hydrogen-bond acceptors (Lipinski definition) is 7. The molecular formula is C21H19N3O5S2. The van der Waals surface area contributed by atoms with E-state index in [1.165, 1.54) is 16.2 Å². The lowest BCUT2D eigenvalue weighted by Gasteiger charge is -2.42. The number of rotatable bonds is 4. The largest absolute Gasteiger partial charge is 0.481 e. The second-order valence-electron chi connectivity index (χ2n) is 8.72. The minimum absolute atomic E-state index is 0.0363. The van der Waals surface area contributed by atoms with Crippen LogP contribution in [-0.4, -0.2) is 49.6 Å². The molecule has 2 amide bonds. The monoisotopic (exact) mass is 457 g/mol. The Bertz CT molecular complexity index is 1160. The molecule has 2 aliphatic carbocycles. The number of aromatic nitrogens is 2. The number of pyridine rings is 1. The van der Waals surface area contributed by atoms with E-state index >= 15 is 0 Å². The molecule has 4 heterocycles. The summed E-state index contributed by atoms with van der Waals surface area (Å²) in [4.78, 5) is 58.8. The fraction of sp³-hybridized carbons (Fsp3) is 0.476. The van der Waals surface area contributed by atoms with Crippen molar-refractivity contribution in [3.63, 3.8) is 0 Å². The molecule has 31 heavy (non-hydrogen) atoms. The number of hydrogen-bond donors (Lipinski definition) is 2. The molecule has 2 aliphatic heterocycles. The molecule has 0 aromatic carbocycles. The number of carboxylic acid groups (broad SMARTS) is 1. The highest BCUT2D eigenvalue weighted by Gasteiger charge is 2.69. The molecule has 2 N–H and O–H groups in total. The smallest absolute Gasteiger partial charge is 0.305 e. The van der Waals surface area contributed by atoms with Crippen molar-refractivity contribution in [3.05, 3.63) is 44.6 Å². The van der Waals surface area contributed by atoms with Crippen LogP contribution in [-0.2, 0) is 14.4 Å². The molecule has 0 radical (unpaired) electrons. The molecule has 2 aromatic rings. The zero-order valence-corrected chi connectivity index (χ0v) is 17.9. The van der Waals surface area contributed by atoms with Gasteiger partial charge in [0.1, 0.15) is 0 Å². The standard InChI is InChI=1S/C21H19N3O5S2/c25-11(26)3-5-24-19(27)14-9-6-10(15(14)20(24)28)16-13(9)12(8-2-1-4-22-7-8)17-18(30-16)23-21(29)31-17/h1-2,4,7,9-10,12-16H,3,5-6H2,(H,23,29)(H,25,26)/t9-,10+,12+,13+,14+,15+,16+/m0/s1. The van der Waals surface area contributed by atoms with Crippen LogP contribution in [0.5, 0.6) is 0 Å². The van der Waals surface area contributed by atoms with Crippen molar-refractivity contribution >= 4 is 40.9 Å². The zero-order chi connectivity index (χ0) is 21.4. The van der Waals surface area contributed by atoms with E-state index in [1.54, 1.807) is 18.0 Å². The number of carboxylic acids is 1. The summed E-state index contributed by atoms with van der Waals surface area (Å²) in [5.74, 6) is -2.03. The lowest BCUT2D eigenvalue weighted by Crippen LogP contribution is -2.42. The fourth-order valence-corrected chi connectivity index (χ4v) is 9.33. The van der Waals surface area contributed by atoms with Crippen molar-refractivity contribution in [1.82, 2.24) is 14.9 Å². The van der Waals surface area contributed by atoms with Gasteiger partial charge in [-0.3, -0.25) is 29.1 Å². The summed E-state index contributed by atoms with van der Waals surface area (Å²) in [7, 11) is 0. The fourth-order valence-electron chi connectivity index (χ4n) is 6.44. The summed E-state index contributed by atoms with van der Waals surface area (Å²) in [6.45, 7) is -0.0609. The van der Waals surface area contributed by atoms with Crippen molar-refractivity contribution in [2.45, 2.75) is 29.0 Å². The van der Waals surface area contributed by atoms with Crippen LogP contribution in [0.15, 0.2) is 34.3 Å². The Hall–Kier alpha value is -2.46. The highest BCUT2D eigenvalue weighted by molar-refractivity contribution is 8.00. The molecule has 160 valence electrons. The maximum absolute atomic E-state index is 13.2. The number of thiazole rings is 1. The Morgan fingerprint density at radius 2 is 2.00 bits per heavy atom. The van der Waals surface area contributed by atoms with E-state index in [-0.39, 0.29) is 70.4 Å². The average molecular weight is 458 g/mol. The van der Waals surface area contributed by atoms with E-state index in [9.17, 15) is 19.2 Å². The van der Waals surface area contributed by atoms with Gasteiger partial charge in [0.2, 0.25) is 11.8 Å². The number of likely N-dealkylation sites (tertiary alicyclic amines) is 1. The predicted octanol–water partition coefficient (Wildman–Crippen LogP) is 1.78. The number of nitrogens with zero attached hydrogens (tertiary/aromatic N) is 2. The van der Waals surface area contributed by atoms with Crippen LogP contribution in [0.25, 0.3) is 0 Å². The Morgan fingerprint density at radius 1 is 1.23 bits per heavy atom. The van der Waals surface area contributed by atoms with Gasteiger partial charge in [-0.2, -0.15) is 0 Å². The SMILES string of the molecule is O=C(O)CCN1C(=O)[C@@H]2[C@H]3C[C@@H]([C@H]4Sc5[nH]c(=O)sc5[C@H](c5cccnc5)[C@@H]34)[C@H]2C1=O. The molecule has 3 fully saturated rings. The third-order valence-electron chi connectivity index (χ3n) is 7.41. The maximum atomic E-state index is 13.2. The summed E-state index contributed by atoms with van der Waals surface area (Å²) in [5, 5.41) is 10.0. The number of imide groups is 1. The molecule has 7 atom stereocenters. The van der Waals surface area contributed by atoms with Gasteiger partial charge in [-0.15, -0.1) is 11.8 Å². The van der Waals surface area contributed by atoms with E-state index < -0.39 is 5.97 Å². The minimum atomic E-state index is -1.02. The van der Waals surface area contributed by atoms with Gasteiger partial charge >= 0.3 is 10.8 Å². The Balaban J connectivity index is 1.41. The van der Waals surface area contributed by atoms with Gasteiger partial charge in [0.25, 0.3) is 0 Å². The molecule has 0 spiro atoms. The summed E-state index contributed by atoms with van der Waals surface area (Å²) in [6.07, 6.45) is 4.13. The van der Waals surface area contributed by atoms with Crippen LogP contribution < -0.4 is 4.87 Å².